The van der Waals surface area contributed by atoms with Crippen molar-refractivity contribution in [1.29, 1.82) is 0 Å². The molecule has 200 valence electrons. The molecule has 1 saturated heterocycles. The molecule has 3 unspecified atom stereocenters. The smallest absolute Gasteiger partial charge is 0.240 e. The third-order valence-electron chi connectivity index (χ3n) is 6.44. The van der Waals surface area contributed by atoms with E-state index in [0.29, 0.717) is 37.5 Å². The average Bonchev–Trinajstić information content (AvgIpc) is 2.84. The summed E-state index contributed by atoms with van der Waals surface area (Å²) in [5.41, 5.74) is 8.14. The highest BCUT2D eigenvalue weighted by atomic mass is 35.5. The van der Waals surface area contributed by atoms with E-state index < -0.39 is 6.04 Å². The fraction of sp³-hybridized carbons (Fsp3) is 0.462. The van der Waals surface area contributed by atoms with Gasteiger partial charge < -0.3 is 16.0 Å². The highest BCUT2D eigenvalue weighted by Gasteiger charge is 2.36. The molecule has 0 radical (unpaired) electrons. The molecule has 1 heterocycles. The van der Waals surface area contributed by atoms with Crippen molar-refractivity contribution in [3.05, 3.63) is 70.5 Å². The van der Waals surface area contributed by atoms with Gasteiger partial charge in [0.2, 0.25) is 11.8 Å². The Morgan fingerprint density at radius 1 is 1.06 bits per heavy atom. The molecule has 2 aromatic rings. The van der Waals surface area contributed by atoms with Crippen molar-refractivity contribution in [2.24, 2.45) is 5.73 Å². The monoisotopic (exact) mass is 560 g/mol. The van der Waals surface area contributed by atoms with Gasteiger partial charge in [0.1, 0.15) is 5.82 Å². The molecular formula is C26H36Cl3FN4O2. The number of benzene rings is 2. The predicted molar refractivity (Wildman–Crippen MR) is 148 cm³/mol. The largest absolute Gasteiger partial charge is 0.358 e. The average molecular weight is 562 g/mol. The lowest BCUT2D eigenvalue weighted by Gasteiger charge is -2.44. The maximum absolute atomic E-state index is 13.3. The summed E-state index contributed by atoms with van der Waals surface area (Å²) in [6, 6.07) is 12.6. The molecule has 10 heteroatoms. The van der Waals surface area contributed by atoms with Crippen LogP contribution in [-0.2, 0) is 22.4 Å². The van der Waals surface area contributed by atoms with Crippen LogP contribution in [0.2, 0.25) is 5.02 Å². The van der Waals surface area contributed by atoms with Gasteiger partial charge in [0.05, 0.1) is 12.1 Å². The number of hydrogen-bond acceptors (Lipinski definition) is 4. The molecule has 3 atom stereocenters. The van der Waals surface area contributed by atoms with Gasteiger partial charge in [-0.15, -0.1) is 24.8 Å². The van der Waals surface area contributed by atoms with Crippen molar-refractivity contribution in [2.45, 2.75) is 50.7 Å². The summed E-state index contributed by atoms with van der Waals surface area (Å²) in [7, 11) is 1.65. The zero-order chi connectivity index (χ0) is 24.7. The van der Waals surface area contributed by atoms with Gasteiger partial charge in [-0.2, -0.15) is 0 Å². The molecule has 0 aromatic heterocycles. The minimum atomic E-state index is -0.694. The molecule has 1 aliphatic rings. The van der Waals surface area contributed by atoms with Gasteiger partial charge in [-0.05, 0) is 54.7 Å². The van der Waals surface area contributed by atoms with Crippen molar-refractivity contribution < 1.29 is 14.0 Å². The second kappa shape index (κ2) is 15.4. The summed E-state index contributed by atoms with van der Waals surface area (Å²) in [5, 5.41) is 3.45. The number of carbonyl (C=O) groups is 2. The highest BCUT2D eigenvalue weighted by Crippen LogP contribution is 2.21. The maximum atomic E-state index is 13.3. The van der Waals surface area contributed by atoms with Gasteiger partial charge in [-0.25, -0.2) is 4.39 Å². The Hall–Kier alpha value is -1.90. The second-order valence-electron chi connectivity index (χ2n) is 8.87. The quantitative estimate of drug-likeness (QED) is 0.487. The van der Waals surface area contributed by atoms with E-state index in [9.17, 15) is 14.0 Å². The fourth-order valence-corrected chi connectivity index (χ4v) is 4.73. The SMILES string of the molecule is CCCC1CN(C(Cc2ccc(Cl)cc2)C(=O)NC)CCN1C(=O)C(N)Cc1ccc(F)cc1.Cl.Cl. The van der Waals surface area contributed by atoms with Gasteiger partial charge in [0.15, 0.2) is 0 Å². The lowest BCUT2D eigenvalue weighted by molar-refractivity contribution is -0.139. The molecule has 0 bridgehead atoms. The highest BCUT2D eigenvalue weighted by molar-refractivity contribution is 6.30. The number of carbonyl (C=O) groups excluding carboxylic acids is 2. The van der Waals surface area contributed by atoms with Crippen molar-refractivity contribution in [3.63, 3.8) is 0 Å². The molecule has 3 N–H and O–H groups in total. The Morgan fingerprint density at radius 3 is 2.22 bits per heavy atom. The Morgan fingerprint density at radius 2 is 1.64 bits per heavy atom. The summed E-state index contributed by atoms with van der Waals surface area (Å²) < 4.78 is 13.2. The summed E-state index contributed by atoms with van der Waals surface area (Å²) in [4.78, 5) is 30.1. The van der Waals surface area contributed by atoms with Crippen LogP contribution >= 0.6 is 36.4 Å². The van der Waals surface area contributed by atoms with Crippen molar-refractivity contribution in [1.82, 2.24) is 15.1 Å². The molecule has 6 nitrogen and oxygen atoms in total. The van der Waals surface area contributed by atoms with Crippen LogP contribution in [0.1, 0.15) is 30.9 Å². The summed E-state index contributed by atoms with van der Waals surface area (Å²) in [6.45, 7) is 3.79. The Kier molecular flexibility index (Phi) is 13.7. The van der Waals surface area contributed by atoms with Crippen molar-refractivity contribution in [3.8, 4) is 0 Å². The molecule has 2 amide bonds. The number of amides is 2. The van der Waals surface area contributed by atoms with E-state index in [1.54, 1.807) is 19.2 Å². The molecule has 0 spiro atoms. The van der Waals surface area contributed by atoms with E-state index in [4.69, 9.17) is 17.3 Å². The van der Waals surface area contributed by atoms with Crippen LogP contribution in [-0.4, -0.2) is 66.4 Å². The van der Waals surface area contributed by atoms with E-state index >= 15 is 0 Å². The first-order chi connectivity index (χ1) is 16.3. The summed E-state index contributed by atoms with van der Waals surface area (Å²) >= 11 is 6.02. The van der Waals surface area contributed by atoms with Crippen LogP contribution in [0.5, 0.6) is 0 Å². The number of rotatable bonds is 9. The van der Waals surface area contributed by atoms with Crippen LogP contribution in [0.15, 0.2) is 48.5 Å². The molecule has 2 aromatic carbocycles. The Labute approximate surface area is 230 Å². The van der Waals surface area contributed by atoms with Gasteiger partial charge in [-0.1, -0.05) is 49.2 Å². The van der Waals surface area contributed by atoms with Crippen LogP contribution in [0.25, 0.3) is 0 Å². The zero-order valence-corrected chi connectivity index (χ0v) is 23.1. The molecule has 1 aliphatic heterocycles. The number of piperazine rings is 1. The van der Waals surface area contributed by atoms with Gasteiger partial charge in [0, 0.05) is 37.7 Å². The van der Waals surface area contributed by atoms with Gasteiger partial charge >= 0.3 is 0 Å². The van der Waals surface area contributed by atoms with E-state index in [2.05, 4.69) is 17.1 Å². The predicted octanol–water partition coefficient (Wildman–Crippen LogP) is 3.86. The van der Waals surface area contributed by atoms with E-state index in [1.165, 1.54) is 12.1 Å². The number of nitrogens with zero attached hydrogens (tertiary/aromatic N) is 2. The van der Waals surface area contributed by atoms with E-state index in [1.807, 2.05) is 29.2 Å². The summed E-state index contributed by atoms with van der Waals surface area (Å²) in [5.74, 6) is -0.457. The van der Waals surface area contributed by atoms with Crippen LogP contribution < -0.4 is 11.1 Å². The number of nitrogens with two attached hydrogens (primary N) is 1. The number of hydrogen-bond donors (Lipinski definition) is 2. The first-order valence-electron chi connectivity index (χ1n) is 11.8. The van der Waals surface area contributed by atoms with E-state index in [0.717, 1.165) is 24.0 Å². The number of likely N-dealkylation sites (N-methyl/N-ethyl adjacent to an activating group) is 1. The topological polar surface area (TPSA) is 78.7 Å². The van der Waals surface area contributed by atoms with Crippen LogP contribution in [0, 0.1) is 5.82 Å². The third-order valence-corrected chi connectivity index (χ3v) is 6.69. The molecule has 0 saturated carbocycles. The van der Waals surface area contributed by atoms with E-state index in [-0.39, 0.29) is 54.5 Å². The van der Waals surface area contributed by atoms with Crippen LogP contribution in [0.3, 0.4) is 0 Å². The van der Waals surface area contributed by atoms with Gasteiger partial charge in [0.25, 0.3) is 0 Å². The first-order valence-corrected chi connectivity index (χ1v) is 12.2. The number of nitrogens with one attached hydrogen (secondary N) is 1. The molecule has 3 rings (SSSR count). The lowest BCUT2D eigenvalue weighted by Crippen LogP contribution is -2.62. The minimum absolute atomic E-state index is 0. The molecule has 1 fully saturated rings. The second-order valence-corrected chi connectivity index (χ2v) is 9.30. The number of halogens is 4. The summed E-state index contributed by atoms with van der Waals surface area (Å²) in [6.07, 6.45) is 2.66. The zero-order valence-electron chi connectivity index (χ0n) is 20.7. The standard InChI is InChI=1S/C26H34ClFN4O2.2ClH/c1-3-4-22-17-31(24(25(33)30-2)16-19-5-9-20(27)10-6-19)13-14-32(22)26(34)23(29)15-18-7-11-21(28)12-8-18;;/h5-12,22-24H,3-4,13-17,29H2,1-2H3,(H,30,33);2*1H. The Balaban J connectivity index is 0.00000324. The normalized spacial score (nSPS) is 17.4. The van der Waals surface area contributed by atoms with Crippen molar-refractivity contribution in [2.75, 3.05) is 26.7 Å². The van der Waals surface area contributed by atoms with Crippen molar-refractivity contribution >= 4 is 48.2 Å². The van der Waals surface area contributed by atoms with Crippen LogP contribution in [0.4, 0.5) is 4.39 Å². The molecule has 0 aliphatic carbocycles. The first kappa shape index (κ1) is 32.1. The third kappa shape index (κ3) is 8.60. The Bertz CT molecular complexity index is 963. The lowest BCUT2D eigenvalue weighted by atomic mass is 9.98. The minimum Gasteiger partial charge on any atom is -0.358 e. The van der Waals surface area contributed by atoms with Gasteiger partial charge in [-0.3, -0.25) is 14.5 Å². The molecule has 36 heavy (non-hydrogen) atoms. The fourth-order valence-electron chi connectivity index (χ4n) is 4.61. The maximum Gasteiger partial charge on any atom is 0.240 e. The molecular weight excluding hydrogens is 526 g/mol.